The van der Waals surface area contributed by atoms with Gasteiger partial charge in [-0.1, -0.05) is 41.9 Å². The first kappa shape index (κ1) is 17.2. The van der Waals surface area contributed by atoms with Crippen molar-refractivity contribution < 1.29 is 0 Å². The third-order valence-electron chi connectivity index (χ3n) is 2.98. The third-order valence-corrected chi connectivity index (χ3v) is 2.98. The van der Waals surface area contributed by atoms with Crippen LogP contribution in [0, 0.1) is 12.3 Å². The van der Waals surface area contributed by atoms with E-state index < -0.39 is 0 Å². The Morgan fingerprint density at radius 1 is 0.889 bits per heavy atom. The Labute approximate surface area is 115 Å². The third kappa shape index (κ3) is 11.7. The van der Waals surface area contributed by atoms with Gasteiger partial charge < -0.3 is 0 Å². The molecule has 0 aromatic rings. The molecule has 0 amide bonds. The van der Waals surface area contributed by atoms with Crippen LogP contribution in [-0.2, 0) is 0 Å². The van der Waals surface area contributed by atoms with Gasteiger partial charge in [-0.3, -0.25) is 0 Å². The molecule has 103 valence electrons. The van der Waals surface area contributed by atoms with Crippen LogP contribution in [0.15, 0.2) is 34.9 Å². The van der Waals surface area contributed by atoms with Crippen molar-refractivity contribution in [3.8, 4) is 0 Å². The van der Waals surface area contributed by atoms with Crippen LogP contribution in [0.2, 0.25) is 0 Å². The zero-order valence-corrected chi connectivity index (χ0v) is 13.2. The van der Waals surface area contributed by atoms with Gasteiger partial charge in [0, 0.05) is 0 Å². The van der Waals surface area contributed by atoms with E-state index in [4.69, 9.17) is 0 Å². The zero-order chi connectivity index (χ0) is 14.0. The molecule has 0 aliphatic rings. The second-order valence-electron chi connectivity index (χ2n) is 5.86. The predicted molar refractivity (Wildman–Crippen MR) is 84.6 cm³/mol. The molecule has 1 atom stereocenters. The van der Waals surface area contributed by atoms with E-state index in [2.05, 4.69) is 66.2 Å². The average Bonchev–Trinajstić information content (AvgIpc) is 2.25. The van der Waals surface area contributed by atoms with Crippen molar-refractivity contribution >= 4 is 0 Å². The van der Waals surface area contributed by atoms with Gasteiger partial charge in [-0.25, -0.2) is 0 Å². The molecule has 0 saturated heterocycles. The Morgan fingerprint density at radius 2 is 1.44 bits per heavy atom. The lowest BCUT2D eigenvalue weighted by molar-refractivity contribution is 0.626. The van der Waals surface area contributed by atoms with E-state index in [9.17, 15) is 0 Å². The SMILES string of the molecule is CC(C)=CCCC(C)=C[CH]C(C)CCC=C(C)C. The number of hydrogen-bond acceptors (Lipinski definition) is 0. The van der Waals surface area contributed by atoms with E-state index in [1.807, 2.05) is 0 Å². The Morgan fingerprint density at radius 3 is 2.00 bits per heavy atom. The lowest BCUT2D eigenvalue weighted by Crippen LogP contribution is -1.93. The first-order chi connectivity index (χ1) is 8.41. The normalized spacial score (nSPS) is 13.1. The van der Waals surface area contributed by atoms with Gasteiger partial charge in [-0.05, 0) is 72.6 Å². The maximum absolute atomic E-state index is 2.36. The maximum atomic E-state index is 2.36. The molecule has 18 heavy (non-hydrogen) atoms. The van der Waals surface area contributed by atoms with Crippen LogP contribution in [0.4, 0.5) is 0 Å². The van der Waals surface area contributed by atoms with Crippen molar-refractivity contribution in [2.45, 2.75) is 67.2 Å². The van der Waals surface area contributed by atoms with Crippen molar-refractivity contribution in [3.63, 3.8) is 0 Å². The van der Waals surface area contributed by atoms with Gasteiger partial charge in [-0.15, -0.1) is 0 Å². The fourth-order valence-electron chi connectivity index (χ4n) is 1.73. The fourth-order valence-corrected chi connectivity index (χ4v) is 1.73. The van der Waals surface area contributed by atoms with E-state index in [0.717, 1.165) is 0 Å². The number of hydrogen-bond donors (Lipinski definition) is 0. The quantitative estimate of drug-likeness (QED) is 0.444. The summed E-state index contributed by atoms with van der Waals surface area (Å²) in [5.74, 6) is 0.680. The molecule has 0 saturated carbocycles. The first-order valence-electron chi connectivity index (χ1n) is 7.19. The molecular weight excluding hydrogens is 216 g/mol. The van der Waals surface area contributed by atoms with Crippen LogP contribution in [0.3, 0.4) is 0 Å². The van der Waals surface area contributed by atoms with Crippen LogP contribution in [-0.4, -0.2) is 0 Å². The van der Waals surface area contributed by atoms with Crippen molar-refractivity contribution in [1.29, 1.82) is 0 Å². The molecule has 0 fully saturated rings. The summed E-state index contributed by atoms with van der Waals surface area (Å²) in [6.07, 6.45) is 14.1. The van der Waals surface area contributed by atoms with Gasteiger partial charge in [0.15, 0.2) is 0 Å². The van der Waals surface area contributed by atoms with Crippen molar-refractivity contribution in [3.05, 3.63) is 41.4 Å². The van der Waals surface area contributed by atoms with Crippen LogP contribution >= 0.6 is 0 Å². The number of allylic oxidation sites excluding steroid dienone is 6. The second-order valence-corrected chi connectivity index (χ2v) is 5.86. The van der Waals surface area contributed by atoms with Crippen molar-refractivity contribution in [2.75, 3.05) is 0 Å². The highest BCUT2D eigenvalue weighted by Gasteiger charge is 1.99. The maximum Gasteiger partial charge on any atom is -0.0139 e. The first-order valence-corrected chi connectivity index (χ1v) is 7.19. The Bertz CT molecular complexity index is 294. The van der Waals surface area contributed by atoms with Crippen LogP contribution in [0.5, 0.6) is 0 Å². The standard InChI is InChI=1S/C18H31/c1-15(2)9-7-11-17(5)13-14-18(6)12-8-10-16(3)4/h9-10,13-14,17H,7-8,11-12H2,1-6H3. The average molecular weight is 247 g/mol. The van der Waals surface area contributed by atoms with E-state index in [-0.39, 0.29) is 0 Å². The molecule has 0 rings (SSSR count). The summed E-state index contributed by atoms with van der Waals surface area (Å²) in [5, 5.41) is 0. The summed E-state index contributed by atoms with van der Waals surface area (Å²) >= 11 is 0. The summed E-state index contributed by atoms with van der Waals surface area (Å²) in [6.45, 7) is 13.2. The predicted octanol–water partition coefficient (Wildman–Crippen LogP) is 6.27. The monoisotopic (exact) mass is 247 g/mol. The molecule has 0 aliphatic heterocycles. The van der Waals surface area contributed by atoms with Crippen LogP contribution in [0.1, 0.15) is 67.2 Å². The largest absolute Gasteiger partial charge is 0.0859 e. The van der Waals surface area contributed by atoms with E-state index in [1.54, 1.807) is 0 Å². The molecule has 0 heteroatoms. The molecule has 0 aliphatic carbocycles. The van der Waals surface area contributed by atoms with Gasteiger partial charge in [0.05, 0.1) is 0 Å². The lowest BCUT2D eigenvalue weighted by atomic mass is 9.98. The minimum Gasteiger partial charge on any atom is -0.0859 e. The summed E-state index contributed by atoms with van der Waals surface area (Å²) < 4.78 is 0. The fraction of sp³-hybridized carbons (Fsp3) is 0.611. The minimum absolute atomic E-state index is 0.680. The summed E-state index contributed by atoms with van der Waals surface area (Å²) in [7, 11) is 0. The van der Waals surface area contributed by atoms with Gasteiger partial charge in [0.1, 0.15) is 0 Å². The van der Waals surface area contributed by atoms with E-state index in [1.165, 1.54) is 42.4 Å². The highest BCUT2D eigenvalue weighted by atomic mass is 14.0. The topological polar surface area (TPSA) is 0 Å². The molecule has 0 nitrogen and oxygen atoms in total. The molecule has 1 unspecified atom stereocenters. The molecule has 0 heterocycles. The highest BCUT2D eigenvalue weighted by molar-refractivity contribution is 5.09. The molecule has 1 radical (unpaired) electrons. The molecule has 0 aromatic carbocycles. The Balaban J connectivity index is 3.83. The Hall–Kier alpha value is -0.780. The molecule has 0 spiro atoms. The Kier molecular flexibility index (Phi) is 9.73. The van der Waals surface area contributed by atoms with Gasteiger partial charge in [0.25, 0.3) is 0 Å². The van der Waals surface area contributed by atoms with Gasteiger partial charge in [0.2, 0.25) is 0 Å². The van der Waals surface area contributed by atoms with Gasteiger partial charge in [-0.2, -0.15) is 0 Å². The second kappa shape index (κ2) is 10.2. The van der Waals surface area contributed by atoms with Crippen molar-refractivity contribution in [2.24, 2.45) is 5.92 Å². The number of rotatable bonds is 8. The summed E-state index contributed by atoms with van der Waals surface area (Å²) in [4.78, 5) is 0. The summed E-state index contributed by atoms with van der Waals surface area (Å²) in [5.41, 5.74) is 4.33. The van der Waals surface area contributed by atoms with E-state index in [0.29, 0.717) is 5.92 Å². The summed E-state index contributed by atoms with van der Waals surface area (Å²) in [6, 6.07) is 0. The molecule has 0 N–H and O–H groups in total. The highest BCUT2D eigenvalue weighted by Crippen LogP contribution is 2.14. The van der Waals surface area contributed by atoms with Crippen molar-refractivity contribution in [1.82, 2.24) is 0 Å². The zero-order valence-electron chi connectivity index (χ0n) is 13.2. The lowest BCUT2D eigenvalue weighted by Gasteiger charge is -2.07. The van der Waals surface area contributed by atoms with Crippen LogP contribution in [0.25, 0.3) is 0 Å². The molecular formula is C18H31. The molecule has 0 bridgehead atoms. The minimum atomic E-state index is 0.680. The van der Waals surface area contributed by atoms with Crippen LogP contribution < -0.4 is 0 Å². The molecule has 0 aromatic heterocycles. The smallest absolute Gasteiger partial charge is 0.0139 e. The van der Waals surface area contributed by atoms with E-state index >= 15 is 0 Å². The van der Waals surface area contributed by atoms with Gasteiger partial charge >= 0.3 is 0 Å².